The summed E-state index contributed by atoms with van der Waals surface area (Å²) >= 11 is 1.55. The van der Waals surface area contributed by atoms with E-state index < -0.39 is 6.29 Å². The molecular weight excluding hydrogens is 613 g/mol. The fraction of sp³-hybridized carbons (Fsp3) is 0.278. The lowest BCUT2D eigenvalue weighted by molar-refractivity contribution is -0.268. The molecule has 4 atom stereocenters. The predicted molar refractivity (Wildman–Crippen MR) is 181 cm³/mol. The molecule has 0 aliphatic carbocycles. The number of aliphatic hydroxyl groups is 1. The van der Waals surface area contributed by atoms with Gasteiger partial charge in [-0.3, -0.25) is 0 Å². The molecule has 1 fully saturated rings. The molecule has 0 spiro atoms. The third-order valence-corrected chi connectivity index (χ3v) is 9.16. The number of carbonyl (C=O) groups is 1. The summed E-state index contributed by atoms with van der Waals surface area (Å²) in [4.78, 5) is 11.9. The Morgan fingerprint density at radius 2 is 1.64 bits per heavy atom. The van der Waals surface area contributed by atoms with E-state index in [0.29, 0.717) is 24.0 Å². The minimum Gasteiger partial charge on any atom is -0.392 e. The second kappa shape index (κ2) is 15.4. The maximum atomic E-state index is 11.9. The van der Waals surface area contributed by atoms with Crippen molar-refractivity contribution in [2.75, 3.05) is 12.3 Å². The molecule has 242 valence electrons. The van der Waals surface area contributed by atoms with Gasteiger partial charge in [0.25, 0.3) is 0 Å². The number of urea groups is 1. The van der Waals surface area contributed by atoms with E-state index in [0.717, 1.165) is 39.1 Å². The number of carbonyl (C=O) groups excluding carboxylic acids is 1. The van der Waals surface area contributed by atoms with Gasteiger partial charge in [-0.15, -0.1) is 5.10 Å². The van der Waals surface area contributed by atoms with Gasteiger partial charge in [-0.1, -0.05) is 97.5 Å². The number of para-hydroxylation sites is 1. The molecule has 1 aliphatic rings. The molecule has 0 saturated carbocycles. The molecule has 6 rings (SSSR count). The van der Waals surface area contributed by atoms with Gasteiger partial charge in [0.2, 0.25) is 5.16 Å². The Morgan fingerprint density at radius 3 is 2.40 bits per heavy atom. The standard InChI is InChI=1S/C36H38N6O4S/c1-3-37-35(44)38-21-26-9-7-10-28(19-26)29-11-8-12-30(20-29)34-45-32(24(2)33(46-34)27-17-15-25(22-43)16-18-27)23-47-36-39-40-41-42(36)31-13-5-4-6-14-31/h4-20,24,32-34,43H,3,21-23H2,1-2H3,(H2,37,38,44)/t24-,32+,33+,34+/m1/s1. The summed E-state index contributed by atoms with van der Waals surface area (Å²) in [5.41, 5.74) is 6.71. The molecule has 10 nitrogen and oxygen atoms in total. The van der Waals surface area contributed by atoms with E-state index in [9.17, 15) is 9.90 Å². The van der Waals surface area contributed by atoms with Gasteiger partial charge in [-0.2, -0.15) is 4.68 Å². The van der Waals surface area contributed by atoms with Crippen molar-refractivity contribution in [1.29, 1.82) is 0 Å². The Bertz CT molecular complexity index is 1770. The highest BCUT2D eigenvalue weighted by molar-refractivity contribution is 7.99. The van der Waals surface area contributed by atoms with Crippen LogP contribution in [-0.2, 0) is 22.6 Å². The smallest absolute Gasteiger partial charge is 0.315 e. The van der Waals surface area contributed by atoms with Crippen LogP contribution in [0.4, 0.5) is 4.79 Å². The Balaban J connectivity index is 1.25. The third kappa shape index (κ3) is 7.88. The monoisotopic (exact) mass is 650 g/mol. The van der Waals surface area contributed by atoms with Crippen molar-refractivity contribution < 1.29 is 19.4 Å². The first-order chi connectivity index (χ1) is 23.0. The molecule has 5 aromatic rings. The van der Waals surface area contributed by atoms with E-state index in [1.807, 2.05) is 85.8 Å². The molecule has 1 aromatic heterocycles. The molecule has 3 N–H and O–H groups in total. The highest BCUT2D eigenvalue weighted by Crippen LogP contribution is 2.43. The number of aliphatic hydroxyl groups excluding tert-OH is 1. The molecule has 0 bridgehead atoms. The summed E-state index contributed by atoms with van der Waals surface area (Å²) in [6.45, 7) is 5.01. The molecule has 0 radical (unpaired) electrons. The van der Waals surface area contributed by atoms with Crippen molar-refractivity contribution >= 4 is 17.8 Å². The van der Waals surface area contributed by atoms with Gasteiger partial charge in [0, 0.05) is 30.3 Å². The summed E-state index contributed by atoms with van der Waals surface area (Å²) < 4.78 is 15.2. The average Bonchev–Trinajstić information content (AvgIpc) is 3.60. The van der Waals surface area contributed by atoms with E-state index in [1.54, 1.807) is 16.4 Å². The van der Waals surface area contributed by atoms with Crippen LogP contribution >= 0.6 is 11.8 Å². The quantitative estimate of drug-likeness (QED) is 0.144. The summed E-state index contributed by atoms with van der Waals surface area (Å²) in [5.74, 6) is 0.622. The average molecular weight is 651 g/mol. The maximum absolute atomic E-state index is 11.9. The molecule has 1 saturated heterocycles. The lowest BCUT2D eigenvalue weighted by Gasteiger charge is -2.41. The molecule has 4 aromatic carbocycles. The number of aromatic nitrogens is 4. The Kier molecular flexibility index (Phi) is 10.6. The van der Waals surface area contributed by atoms with E-state index in [-0.39, 0.29) is 30.8 Å². The molecule has 2 heterocycles. The normalized spacial score (nSPS) is 19.3. The second-order valence-electron chi connectivity index (χ2n) is 11.4. The van der Waals surface area contributed by atoms with Crippen LogP contribution in [0.5, 0.6) is 0 Å². The number of nitrogens with zero attached hydrogens (tertiary/aromatic N) is 4. The van der Waals surface area contributed by atoms with E-state index >= 15 is 0 Å². The number of hydrogen-bond donors (Lipinski definition) is 3. The summed E-state index contributed by atoms with van der Waals surface area (Å²) in [7, 11) is 0. The van der Waals surface area contributed by atoms with Gasteiger partial charge in [0.15, 0.2) is 6.29 Å². The molecule has 47 heavy (non-hydrogen) atoms. The largest absolute Gasteiger partial charge is 0.392 e. The number of rotatable bonds is 11. The van der Waals surface area contributed by atoms with Crippen LogP contribution in [-0.4, -0.2) is 49.7 Å². The van der Waals surface area contributed by atoms with E-state index in [1.165, 1.54) is 0 Å². The lowest BCUT2D eigenvalue weighted by Crippen LogP contribution is -2.38. The van der Waals surface area contributed by atoms with Crippen molar-refractivity contribution in [1.82, 2.24) is 30.8 Å². The number of benzene rings is 4. The number of tetrazole rings is 1. The molecule has 0 unspecified atom stereocenters. The second-order valence-corrected chi connectivity index (χ2v) is 12.4. The number of amides is 2. The summed E-state index contributed by atoms with van der Waals surface area (Å²) in [6.07, 6.45) is -1.05. The van der Waals surface area contributed by atoms with Gasteiger partial charge < -0.3 is 25.2 Å². The topological polar surface area (TPSA) is 123 Å². The zero-order valence-electron chi connectivity index (χ0n) is 26.3. The van der Waals surface area contributed by atoms with Crippen molar-refractivity contribution in [2.24, 2.45) is 5.92 Å². The van der Waals surface area contributed by atoms with Crippen LogP contribution in [0.25, 0.3) is 16.8 Å². The zero-order chi connectivity index (χ0) is 32.6. The van der Waals surface area contributed by atoms with Crippen LogP contribution in [0.2, 0.25) is 0 Å². The van der Waals surface area contributed by atoms with Crippen LogP contribution in [0.15, 0.2) is 108 Å². The summed E-state index contributed by atoms with van der Waals surface area (Å²) in [6, 6.07) is 33.9. The number of nitrogens with one attached hydrogen (secondary N) is 2. The van der Waals surface area contributed by atoms with Crippen LogP contribution < -0.4 is 10.6 Å². The zero-order valence-corrected chi connectivity index (χ0v) is 27.1. The Labute approximate surface area is 278 Å². The van der Waals surface area contributed by atoms with E-state index in [4.69, 9.17) is 9.47 Å². The first-order valence-corrected chi connectivity index (χ1v) is 16.7. The predicted octanol–water partition coefficient (Wildman–Crippen LogP) is 6.22. The minimum absolute atomic E-state index is 0.0112. The van der Waals surface area contributed by atoms with Gasteiger partial charge >= 0.3 is 6.03 Å². The fourth-order valence-electron chi connectivity index (χ4n) is 5.60. The van der Waals surface area contributed by atoms with Crippen molar-refractivity contribution in [2.45, 2.75) is 50.7 Å². The van der Waals surface area contributed by atoms with Crippen LogP contribution in [0.3, 0.4) is 0 Å². The van der Waals surface area contributed by atoms with Gasteiger partial charge in [0.05, 0.1) is 24.5 Å². The SMILES string of the molecule is CCNC(=O)NCc1cccc(-c2cccc([C@H]3O[C@@H](CSc4nnnn4-c4ccccc4)[C@@H](C)[C@@H](c4ccc(CO)cc4)O3)c2)c1. The van der Waals surface area contributed by atoms with E-state index in [2.05, 4.69) is 57.3 Å². The first-order valence-electron chi connectivity index (χ1n) is 15.7. The number of thioether (sulfide) groups is 1. The van der Waals surface area contributed by atoms with Gasteiger partial charge in [0.1, 0.15) is 0 Å². The summed E-state index contributed by atoms with van der Waals surface area (Å²) in [5, 5.41) is 28.4. The van der Waals surface area contributed by atoms with Crippen LogP contribution in [0, 0.1) is 5.92 Å². The molecular formula is C36H38N6O4S. The highest BCUT2D eigenvalue weighted by atomic mass is 32.2. The number of hydrogen-bond acceptors (Lipinski definition) is 8. The van der Waals surface area contributed by atoms with Gasteiger partial charge in [-0.25, -0.2) is 4.79 Å². The minimum atomic E-state index is -0.619. The van der Waals surface area contributed by atoms with Crippen LogP contribution in [0.1, 0.15) is 48.5 Å². The van der Waals surface area contributed by atoms with Crippen molar-refractivity contribution in [3.8, 4) is 16.8 Å². The van der Waals surface area contributed by atoms with Gasteiger partial charge in [-0.05, 0) is 69.4 Å². The highest BCUT2D eigenvalue weighted by Gasteiger charge is 2.38. The fourth-order valence-corrected chi connectivity index (χ4v) is 6.65. The maximum Gasteiger partial charge on any atom is 0.315 e. The first kappa shape index (κ1) is 32.4. The Morgan fingerprint density at radius 1 is 0.872 bits per heavy atom. The number of ether oxygens (including phenoxy) is 2. The van der Waals surface area contributed by atoms with Crippen molar-refractivity contribution in [3.63, 3.8) is 0 Å². The lowest BCUT2D eigenvalue weighted by atomic mass is 9.91. The Hall–Kier alpha value is -4.55. The molecule has 2 amide bonds. The van der Waals surface area contributed by atoms with Crippen molar-refractivity contribution in [3.05, 3.63) is 125 Å². The third-order valence-electron chi connectivity index (χ3n) is 8.15. The molecule has 1 aliphatic heterocycles. The molecule has 11 heteroatoms.